The maximum Gasteiger partial charge on any atom is 0.339 e. The van der Waals surface area contributed by atoms with Crippen LogP contribution < -0.4 is 0 Å². The topological polar surface area (TPSA) is 26.3 Å². The van der Waals surface area contributed by atoms with E-state index >= 15 is 0 Å². The van der Waals surface area contributed by atoms with Gasteiger partial charge in [-0.25, -0.2) is 9.18 Å². The normalized spacial score (nSPS) is 10.4. The Labute approximate surface area is 86.6 Å². The van der Waals surface area contributed by atoms with E-state index in [2.05, 4.69) is 6.07 Å². The molecule has 1 aromatic rings. The summed E-state index contributed by atoms with van der Waals surface area (Å²) in [7, 11) is 0. The third-order valence-corrected chi connectivity index (χ3v) is 1.74. The smallest absolute Gasteiger partial charge is 0.339 e. The van der Waals surface area contributed by atoms with Crippen molar-refractivity contribution in [1.82, 2.24) is 0 Å². The van der Waals surface area contributed by atoms with Gasteiger partial charge >= 0.3 is 5.97 Å². The molecule has 0 fully saturated rings. The van der Waals surface area contributed by atoms with Gasteiger partial charge < -0.3 is 4.74 Å². The molecule has 0 amide bonds. The number of benzene rings is 1. The van der Waals surface area contributed by atoms with E-state index in [9.17, 15) is 9.18 Å². The maximum atomic E-state index is 12.6. The number of carbonyl (C=O) groups excluding carboxylic acids is 1. The third-order valence-electron chi connectivity index (χ3n) is 1.43. The number of ether oxygens (including phenoxy) is 1. The maximum absolute atomic E-state index is 12.6. The highest BCUT2D eigenvalue weighted by atomic mass is 35.5. The van der Waals surface area contributed by atoms with Crippen LogP contribution in [0.1, 0.15) is 24.2 Å². The quantitative estimate of drug-likeness (QED) is 0.710. The van der Waals surface area contributed by atoms with Gasteiger partial charge in [-0.3, -0.25) is 0 Å². The molecule has 14 heavy (non-hydrogen) atoms. The SMILES string of the molecule is CC(C)OC(=O)c1c[c]c(F)cc1Cl. The van der Waals surface area contributed by atoms with E-state index in [1.807, 2.05) is 0 Å². The van der Waals surface area contributed by atoms with Crippen molar-refractivity contribution in [2.75, 3.05) is 0 Å². The van der Waals surface area contributed by atoms with Crippen molar-refractivity contribution in [3.05, 3.63) is 34.6 Å². The van der Waals surface area contributed by atoms with Crippen LogP contribution in [0.4, 0.5) is 4.39 Å². The fourth-order valence-corrected chi connectivity index (χ4v) is 1.10. The summed E-state index contributed by atoms with van der Waals surface area (Å²) in [4.78, 5) is 11.3. The molecule has 0 saturated carbocycles. The Morgan fingerprint density at radius 3 is 2.79 bits per heavy atom. The van der Waals surface area contributed by atoms with Gasteiger partial charge in [-0.05, 0) is 26.0 Å². The highest BCUT2D eigenvalue weighted by Gasteiger charge is 2.13. The first kappa shape index (κ1) is 11.0. The summed E-state index contributed by atoms with van der Waals surface area (Å²) < 4.78 is 17.5. The largest absolute Gasteiger partial charge is 0.459 e. The minimum Gasteiger partial charge on any atom is -0.459 e. The molecule has 0 saturated heterocycles. The lowest BCUT2D eigenvalue weighted by Crippen LogP contribution is -2.12. The predicted molar refractivity (Wildman–Crippen MR) is 50.8 cm³/mol. The standard InChI is InChI=1S/C10H9ClFO2/c1-6(2)14-10(13)8-4-3-7(12)5-9(8)11/h4-6H,1-2H3. The molecule has 0 N–H and O–H groups in total. The van der Waals surface area contributed by atoms with Gasteiger partial charge in [-0.15, -0.1) is 0 Å². The van der Waals surface area contributed by atoms with Gasteiger partial charge in [0.05, 0.1) is 16.7 Å². The summed E-state index contributed by atoms with van der Waals surface area (Å²) in [5.41, 5.74) is 0.127. The fraction of sp³-hybridized carbons (Fsp3) is 0.300. The number of rotatable bonds is 2. The molecule has 1 aromatic carbocycles. The zero-order valence-electron chi connectivity index (χ0n) is 7.80. The molecule has 0 aliphatic carbocycles. The number of hydrogen-bond donors (Lipinski definition) is 0. The van der Waals surface area contributed by atoms with E-state index in [4.69, 9.17) is 16.3 Å². The molecule has 0 atom stereocenters. The van der Waals surface area contributed by atoms with E-state index in [1.54, 1.807) is 13.8 Å². The van der Waals surface area contributed by atoms with Crippen molar-refractivity contribution in [2.45, 2.75) is 20.0 Å². The zero-order chi connectivity index (χ0) is 10.7. The number of hydrogen-bond acceptors (Lipinski definition) is 2. The minimum absolute atomic E-state index is 0.0342. The van der Waals surface area contributed by atoms with Gasteiger partial charge in [-0.1, -0.05) is 11.6 Å². The van der Waals surface area contributed by atoms with Gasteiger partial charge in [0.15, 0.2) is 0 Å². The van der Waals surface area contributed by atoms with Crippen molar-refractivity contribution in [3.63, 3.8) is 0 Å². The highest BCUT2D eigenvalue weighted by Crippen LogP contribution is 2.18. The molecule has 0 heterocycles. The molecule has 4 heteroatoms. The summed E-state index contributed by atoms with van der Waals surface area (Å²) in [6.07, 6.45) is -0.233. The minimum atomic E-state index is -0.601. The molecule has 75 valence electrons. The lowest BCUT2D eigenvalue weighted by Gasteiger charge is -2.08. The second kappa shape index (κ2) is 4.42. The molecule has 0 aliphatic heterocycles. The second-order valence-electron chi connectivity index (χ2n) is 3.00. The van der Waals surface area contributed by atoms with Crippen LogP contribution >= 0.6 is 11.6 Å². The lowest BCUT2D eigenvalue weighted by atomic mass is 10.2. The summed E-state index contributed by atoms with van der Waals surface area (Å²) in [6, 6.07) is 4.45. The van der Waals surface area contributed by atoms with E-state index in [0.717, 1.165) is 6.07 Å². The van der Waals surface area contributed by atoms with Gasteiger partial charge in [0.25, 0.3) is 0 Å². The molecule has 0 bridgehead atoms. The zero-order valence-corrected chi connectivity index (χ0v) is 8.56. The second-order valence-corrected chi connectivity index (χ2v) is 3.40. The molecule has 1 rings (SSSR count). The van der Waals surface area contributed by atoms with E-state index in [-0.39, 0.29) is 16.7 Å². The van der Waals surface area contributed by atoms with Gasteiger partial charge in [0.1, 0.15) is 5.82 Å². The fourth-order valence-electron chi connectivity index (χ4n) is 0.875. The summed E-state index contributed by atoms with van der Waals surface area (Å²) in [6.45, 7) is 3.44. The first-order valence-electron chi connectivity index (χ1n) is 4.08. The monoisotopic (exact) mass is 215 g/mol. The van der Waals surface area contributed by atoms with Crippen LogP contribution in [0.25, 0.3) is 0 Å². The lowest BCUT2D eigenvalue weighted by molar-refractivity contribution is 0.0378. The van der Waals surface area contributed by atoms with Crippen LogP contribution in [0, 0.1) is 11.9 Å². The first-order chi connectivity index (χ1) is 6.50. The van der Waals surface area contributed by atoms with Crippen LogP contribution in [0.3, 0.4) is 0 Å². The molecular weight excluding hydrogens is 207 g/mol. The highest BCUT2D eigenvalue weighted by molar-refractivity contribution is 6.33. The Morgan fingerprint density at radius 2 is 2.29 bits per heavy atom. The molecule has 2 nitrogen and oxygen atoms in total. The number of halogens is 2. The Morgan fingerprint density at radius 1 is 1.64 bits per heavy atom. The van der Waals surface area contributed by atoms with Gasteiger partial charge in [0.2, 0.25) is 0 Å². The number of carbonyl (C=O) groups is 1. The van der Waals surface area contributed by atoms with Gasteiger partial charge in [0, 0.05) is 6.07 Å². The Balaban J connectivity index is 2.90. The summed E-state index contributed by atoms with van der Waals surface area (Å²) in [5.74, 6) is -1.17. The van der Waals surface area contributed by atoms with E-state index < -0.39 is 11.8 Å². The van der Waals surface area contributed by atoms with Crippen molar-refractivity contribution < 1.29 is 13.9 Å². The first-order valence-corrected chi connectivity index (χ1v) is 4.46. The molecular formula is C10H9ClFO2. The predicted octanol–water partition coefficient (Wildman–Crippen LogP) is 2.84. The Kier molecular flexibility index (Phi) is 3.47. The average Bonchev–Trinajstić information content (AvgIpc) is 2.01. The summed E-state index contributed by atoms with van der Waals surface area (Å²) >= 11 is 5.65. The van der Waals surface area contributed by atoms with Crippen LogP contribution in [0.15, 0.2) is 12.1 Å². The molecule has 0 aliphatic rings. The van der Waals surface area contributed by atoms with Crippen LogP contribution in [0.2, 0.25) is 5.02 Å². The van der Waals surface area contributed by atoms with Crippen LogP contribution in [-0.2, 0) is 4.74 Å². The summed E-state index contributed by atoms with van der Waals surface area (Å²) in [5, 5.41) is 0.0342. The van der Waals surface area contributed by atoms with Crippen molar-refractivity contribution in [3.8, 4) is 0 Å². The van der Waals surface area contributed by atoms with Crippen LogP contribution in [0.5, 0.6) is 0 Å². The molecule has 0 spiro atoms. The molecule has 0 unspecified atom stereocenters. The van der Waals surface area contributed by atoms with Crippen LogP contribution in [-0.4, -0.2) is 12.1 Å². The van der Waals surface area contributed by atoms with E-state index in [0.29, 0.717) is 0 Å². The van der Waals surface area contributed by atoms with E-state index in [1.165, 1.54) is 6.07 Å². The van der Waals surface area contributed by atoms with Crippen molar-refractivity contribution in [2.24, 2.45) is 0 Å². The Bertz CT molecular complexity index is 350. The van der Waals surface area contributed by atoms with Crippen molar-refractivity contribution in [1.29, 1.82) is 0 Å². The Hall–Kier alpha value is -1.09. The average molecular weight is 216 g/mol. The molecule has 0 aromatic heterocycles. The van der Waals surface area contributed by atoms with Crippen molar-refractivity contribution >= 4 is 17.6 Å². The molecule has 1 radical (unpaired) electrons. The third kappa shape index (κ3) is 2.70. The number of esters is 1. The van der Waals surface area contributed by atoms with Gasteiger partial charge in [-0.2, -0.15) is 0 Å².